The van der Waals surface area contributed by atoms with Crippen molar-refractivity contribution in [2.24, 2.45) is 11.7 Å². The van der Waals surface area contributed by atoms with Crippen molar-refractivity contribution in [1.29, 1.82) is 0 Å². The first-order valence-corrected chi connectivity index (χ1v) is 6.81. The number of hydrogen-bond donors (Lipinski definition) is 2. The van der Waals surface area contributed by atoms with Gasteiger partial charge in [0.15, 0.2) is 0 Å². The molecule has 0 spiro atoms. The van der Waals surface area contributed by atoms with Crippen LogP contribution in [0.2, 0.25) is 0 Å². The molecule has 1 heterocycles. The Morgan fingerprint density at radius 1 is 1.53 bits per heavy atom. The molecule has 2 aliphatic rings. The first kappa shape index (κ1) is 12.8. The highest BCUT2D eigenvalue weighted by atomic mass is 16.4. The van der Waals surface area contributed by atoms with Crippen LogP contribution in [0.1, 0.15) is 45.4 Å². The SMILES string of the molecule is CCC1CCCN(C2CCC(N)(C(=O)O)C2)C1. The fraction of sp³-hybridized carbons (Fsp3) is 0.923. The second-order valence-electron chi connectivity index (χ2n) is 5.77. The fourth-order valence-corrected chi connectivity index (χ4v) is 3.32. The zero-order valence-electron chi connectivity index (χ0n) is 10.7. The monoisotopic (exact) mass is 240 g/mol. The van der Waals surface area contributed by atoms with Gasteiger partial charge in [0.25, 0.3) is 0 Å². The number of piperidine rings is 1. The molecule has 1 aliphatic heterocycles. The minimum absolute atomic E-state index is 0.394. The van der Waals surface area contributed by atoms with Crippen molar-refractivity contribution in [3.05, 3.63) is 0 Å². The summed E-state index contributed by atoms with van der Waals surface area (Å²) in [6, 6.07) is 0.394. The number of carboxylic acids is 1. The molecule has 4 heteroatoms. The molecule has 0 bridgehead atoms. The Hall–Kier alpha value is -0.610. The predicted molar refractivity (Wildman–Crippen MR) is 66.8 cm³/mol. The Labute approximate surface area is 103 Å². The third-order valence-electron chi connectivity index (χ3n) is 4.59. The Morgan fingerprint density at radius 2 is 2.29 bits per heavy atom. The van der Waals surface area contributed by atoms with Gasteiger partial charge in [0, 0.05) is 12.6 Å². The number of carbonyl (C=O) groups is 1. The number of hydrogen-bond acceptors (Lipinski definition) is 3. The average molecular weight is 240 g/mol. The molecule has 0 aromatic heterocycles. The van der Waals surface area contributed by atoms with E-state index in [4.69, 9.17) is 10.8 Å². The predicted octanol–water partition coefficient (Wildman–Crippen LogP) is 1.44. The molecule has 1 saturated heterocycles. The topological polar surface area (TPSA) is 66.6 Å². The van der Waals surface area contributed by atoms with Crippen molar-refractivity contribution in [3.63, 3.8) is 0 Å². The molecule has 2 fully saturated rings. The number of nitrogens with zero attached hydrogens (tertiary/aromatic N) is 1. The lowest BCUT2D eigenvalue weighted by Crippen LogP contribution is -2.48. The standard InChI is InChI=1S/C13H24N2O2/c1-2-10-4-3-7-15(9-10)11-5-6-13(14,8-11)12(16)17/h10-11H,2-9,14H2,1H3,(H,16,17). The Bertz CT molecular complexity index is 295. The molecule has 2 rings (SSSR count). The van der Waals surface area contributed by atoms with Gasteiger partial charge in [0.2, 0.25) is 0 Å². The van der Waals surface area contributed by atoms with Crippen molar-refractivity contribution in [1.82, 2.24) is 4.90 Å². The smallest absolute Gasteiger partial charge is 0.323 e. The maximum atomic E-state index is 11.1. The molecule has 4 nitrogen and oxygen atoms in total. The van der Waals surface area contributed by atoms with E-state index in [0.29, 0.717) is 18.9 Å². The van der Waals surface area contributed by atoms with Crippen molar-refractivity contribution in [3.8, 4) is 0 Å². The van der Waals surface area contributed by atoms with Crippen LogP contribution >= 0.6 is 0 Å². The lowest BCUT2D eigenvalue weighted by Gasteiger charge is -2.37. The zero-order valence-corrected chi connectivity index (χ0v) is 10.7. The highest BCUT2D eigenvalue weighted by Gasteiger charge is 2.44. The molecule has 3 N–H and O–H groups in total. The summed E-state index contributed by atoms with van der Waals surface area (Å²) in [7, 11) is 0. The van der Waals surface area contributed by atoms with Crippen LogP contribution in [0.3, 0.4) is 0 Å². The van der Waals surface area contributed by atoms with E-state index in [9.17, 15) is 4.79 Å². The van der Waals surface area contributed by atoms with Gasteiger partial charge in [-0.3, -0.25) is 4.79 Å². The summed E-state index contributed by atoms with van der Waals surface area (Å²) >= 11 is 0. The van der Waals surface area contributed by atoms with E-state index in [-0.39, 0.29) is 0 Å². The molecule has 0 aromatic carbocycles. The van der Waals surface area contributed by atoms with E-state index in [1.165, 1.54) is 19.3 Å². The third-order valence-corrected chi connectivity index (χ3v) is 4.59. The largest absolute Gasteiger partial charge is 0.480 e. The average Bonchev–Trinajstić information content (AvgIpc) is 2.74. The van der Waals surface area contributed by atoms with Crippen molar-refractivity contribution in [2.75, 3.05) is 13.1 Å². The van der Waals surface area contributed by atoms with Crippen LogP contribution in [0.15, 0.2) is 0 Å². The molecular formula is C13H24N2O2. The van der Waals surface area contributed by atoms with Crippen LogP contribution in [-0.4, -0.2) is 40.6 Å². The number of likely N-dealkylation sites (tertiary alicyclic amines) is 1. The van der Waals surface area contributed by atoms with Crippen LogP contribution in [0, 0.1) is 5.92 Å². The molecular weight excluding hydrogens is 216 g/mol. The van der Waals surface area contributed by atoms with Gasteiger partial charge in [-0.2, -0.15) is 0 Å². The third kappa shape index (κ3) is 2.63. The molecule has 3 atom stereocenters. The van der Waals surface area contributed by atoms with E-state index in [0.717, 1.165) is 25.4 Å². The maximum Gasteiger partial charge on any atom is 0.323 e. The van der Waals surface area contributed by atoms with E-state index in [1.54, 1.807) is 0 Å². The minimum atomic E-state index is -0.968. The summed E-state index contributed by atoms with van der Waals surface area (Å²) < 4.78 is 0. The van der Waals surface area contributed by atoms with Crippen molar-refractivity contribution >= 4 is 5.97 Å². The molecule has 98 valence electrons. The van der Waals surface area contributed by atoms with Crippen molar-refractivity contribution < 1.29 is 9.90 Å². The highest BCUT2D eigenvalue weighted by Crippen LogP contribution is 2.34. The number of aliphatic carboxylic acids is 1. The van der Waals surface area contributed by atoms with Crippen molar-refractivity contribution in [2.45, 2.75) is 57.0 Å². The molecule has 3 unspecified atom stereocenters. The van der Waals surface area contributed by atoms with Crippen LogP contribution < -0.4 is 5.73 Å². The molecule has 0 amide bonds. The lowest BCUT2D eigenvalue weighted by atomic mass is 9.93. The van der Waals surface area contributed by atoms with Gasteiger partial charge in [-0.1, -0.05) is 13.3 Å². The van der Waals surface area contributed by atoms with Gasteiger partial charge in [-0.05, 0) is 44.6 Å². The first-order valence-electron chi connectivity index (χ1n) is 6.81. The second kappa shape index (κ2) is 4.94. The highest BCUT2D eigenvalue weighted by molar-refractivity contribution is 5.79. The summed E-state index contributed by atoms with van der Waals surface area (Å²) in [6.45, 7) is 4.50. The zero-order chi connectivity index (χ0) is 12.5. The molecule has 1 saturated carbocycles. The lowest BCUT2D eigenvalue weighted by molar-refractivity contribution is -0.143. The molecule has 1 aliphatic carbocycles. The molecule has 17 heavy (non-hydrogen) atoms. The van der Waals surface area contributed by atoms with Crippen LogP contribution in [0.5, 0.6) is 0 Å². The first-order chi connectivity index (χ1) is 8.05. The fourth-order valence-electron chi connectivity index (χ4n) is 3.32. The molecule has 0 radical (unpaired) electrons. The Balaban J connectivity index is 1.94. The molecule has 0 aromatic rings. The van der Waals surface area contributed by atoms with E-state index in [2.05, 4.69) is 11.8 Å². The van der Waals surface area contributed by atoms with Crippen LogP contribution in [0.25, 0.3) is 0 Å². The Morgan fingerprint density at radius 3 is 2.88 bits per heavy atom. The van der Waals surface area contributed by atoms with E-state index < -0.39 is 11.5 Å². The summed E-state index contributed by atoms with van der Waals surface area (Å²) in [4.78, 5) is 13.6. The van der Waals surface area contributed by atoms with Gasteiger partial charge in [-0.25, -0.2) is 0 Å². The summed E-state index contributed by atoms with van der Waals surface area (Å²) in [5.74, 6) is -0.0367. The number of nitrogens with two attached hydrogens (primary N) is 1. The quantitative estimate of drug-likeness (QED) is 0.783. The van der Waals surface area contributed by atoms with Gasteiger partial charge < -0.3 is 15.7 Å². The maximum absolute atomic E-state index is 11.1. The summed E-state index contributed by atoms with van der Waals surface area (Å²) in [5.41, 5.74) is 4.97. The summed E-state index contributed by atoms with van der Waals surface area (Å²) in [5, 5.41) is 9.14. The number of rotatable bonds is 3. The van der Waals surface area contributed by atoms with E-state index in [1.807, 2.05) is 0 Å². The van der Waals surface area contributed by atoms with Gasteiger partial charge in [0.1, 0.15) is 5.54 Å². The van der Waals surface area contributed by atoms with Crippen LogP contribution in [0.4, 0.5) is 0 Å². The van der Waals surface area contributed by atoms with Crippen LogP contribution in [-0.2, 0) is 4.79 Å². The van der Waals surface area contributed by atoms with Gasteiger partial charge in [-0.15, -0.1) is 0 Å². The second-order valence-corrected chi connectivity index (χ2v) is 5.77. The van der Waals surface area contributed by atoms with Gasteiger partial charge in [0.05, 0.1) is 0 Å². The minimum Gasteiger partial charge on any atom is -0.480 e. The normalized spacial score (nSPS) is 39.4. The summed E-state index contributed by atoms with van der Waals surface area (Å²) in [6.07, 6.45) is 6.00. The number of carboxylic acid groups (broad SMARTS) is 1. The van der Waals surface area contributed by atoms with Gasteiger partial charge >= 0.3 is 5.97 Å². The Kier molecular flexibility index (Phi) is 3.73. The van der Waals surface area contributed by atoms with E-state index >= 15 is 0 Å².